The third kappa shape index (κ3) is 16.8. The summed E-state index contributed by atoms with van der Waals surface area (Å²) in [6, 6.07) is -0.677. The summed E-state index contributed by atoms with van der Waals surface area (Å²) < 4.78 is 0. The first-order valence-corrected chi connectivity index (χ1v) is 5.69. The Kier molecular flexibility index (Phi) is 22.6. The lowest BCUT2D eigenvalue weighted by Crippen LogP contribution is -2.45. The average Bonchev–Trinajstić information content (AvgIpc) is 2.33. The monoisotopic (exact) mass is 350 g/mol. The third-order valence-electron chi connectivity index (χ3n) is 2.17. The van der Waals surface area contributed by atoms with Crippen LogP contribution in [0, 0.1) is 0 Å². The van der Waals surface area contributed by atoms with Crippen molar-refractivity contribution in [1.82, 2.24) is 10.6 Å². The number of carboxylic acid groups (broad SMARTS) is 1. The van der Waals surface area contributed by atoms with Crippen molar-refractivity contribution in [3.63, 3.8) is 0 Å². The lowest BCUT2D eigenvalue weighted by molar-refractivity contribution is -0.137. The fourth-order valence-corrected chi connectivity index (χ4v) is 1.17. The van der Waals surface area contributed by atoms with E-state index < -0.39 is 30.4 Å². The van der Waals surface area contributed by atoms with Crippen molar-refractivity contribution in [2.45, 2.75) is 25.3 Å². The molecule has 0 saturated heterocycles. The highest BCUT2D eigenvalue weighted by atomic mass is 35.5. The van der Waals surface area contributed by atoms with E-state index >= 15 is 0 Å². The van der Waals surface area contributed by atoms with Crippen molar-refractivity contribution < 1.29 is 25.0 Å². The molecule has 0 aliphatic rings. The van der Waals surface area contributed by atoms with Gasteiger partial charge in [0.25, 0.3) is 0 Å². The summed E-state index contributed by atoms with van der Waals surface area (Å²) in [6.07, 6.45) is 2.04. The van der Waals surface area contributed by atoms with Crippen molar-refractivity contribution in [1.29, 1.82) is 0 Å². The molecule has 0 aliphatic heterocycles. The molecule has 0 bridgehead atoms. The van der Waals surface area contributed by atoms with Gasteiger partial charge in [0.05, 0.1) is 12.6 Å². The molecule has 0 saturated carbocycles. The first kappa shape index (κ1) is 28.1. The minimum atomic E-state index is -1.15. The number of unbranched alkanes of at least 4 members (excludes halogenated alkanes) is 1. The van der Waals surface area contributed by atoms with Crippen LogP contribution in [0.3, 0.4) is 0 Å². The van der Waals surface area contributed by atoms with Crippen molar-refractivity contribution in [2.24, 2.45) is 11.5 Å². The molecule has 0 radical (unpaired) electrons. The second-order valence-corrected chi connectivity index (χ2v) is 3.78. The van der Waals surface area contributed by atoms with Crippen LogP contribution in [-0.4, -0.2) is 54.0 Å². The van der Waals surface area contributed by atoms with Gasteiger partial charge in [0, 0.05) is 0 Å². The highest BCUT2D eigenvalue weighted by molar-refractivity contribution is 5.88. The summed E-state index contributed by atoms with van der Waals surface area (Å²) in [4.78, 5) is 32.7. The molecule has 0 rings (SSSR count). The van der Waals surface area contributed by atoms with Gasteiger partial charge in [-0.3, -0.25) is 14.4 Å². The smallest absolute Gasteiger partial charge is 0.322 e. The van der Waals surface area contributed by atoms with Crippen molar-refractivity contribution >= 4 is 42.6 Å². The van der Waals surface area contributed by atoms with Crippen LogP contribution in [0.25, 0.3) is 0 Å². The lowest BCUT2D eigenvalue weighted by Gasteiger charge is -2.11. The van der Waals surface area contributed by atoms with Crippen molar-refractivity contribution in [3.8, 4) is 0 Å². The fraction of sp³-hybridized carbons (Fsp3) is 0.700. The first-order chi connectivity index (χ1) is 8.47. The molecule has 9 N–H and O–H groups in total. The average molecular weight is 351 g/mol. The molecule has 9 nitrogen and oxygen atoms in total. The number of aliphatic carboxylic acids is 1. The Balaban J connectivity index is -0.000000482. The number of hydrogen-bond donors (Lipinski definition) is 5. The molecule has 11 heteroatoms. The molecule has 0 unspecified atom stereocenters. The summed E-state index contributed by atoms with van der Waals surface area (Å²) >= 11 is 0. The molecule has 0 fully saturated rings. The molecule has 1 atom stereocenters. The maximum absolute atomic E-state index is 11.4. The minimum absolute atomic E-state index is 0. The third-order valence-corrected chi connectivity index (χ3v) is 2.17. The summed E-state index contributed by atoms with van der Waals surface area (Å²) in [5.74, 6) is -2.15. The molecule has 0 aromatic carbocycles. The van der Waals surface area contributed by atoms with E-state index in [0.29, 0.717) is 13.0 Å². The fourth-order valence-electron chi connectivity index (χ4n) is 1.17. The maximum atomic E-state index is 11.4. The molecular weight excluding hydrogens is 327 g/mol. The number of hydrogen-bond acceptors (Lipinski definition) is 5. The van der Waals surface area contributed by atoms with E-state index in [2.05, 4.69) is 10.6 Å². The Morgan fingerprint density at radius 2 is 1.62 bits per heavy atom. The van der Waals surface area contributed by atoms with Gasteiger partial charge in [0.1, 0.15) is 6.54 Å². The Bertz CT molecular complexity index is 307. The SMILES string of the molecule is Cl.Cl.NCCCC[C@H](N)C(=O)NCC(=O)NCC(=O)O.O. The van der Waals surface area contributed by atoms with Crippen LogP contribution >= 0.6 is 24.8 Å². The predicted molar refractivity (Wildman–Crippen MR) is 82.6 cm³/mol. The Morgan fingerprint density at radius 1 is 1.05 bits per heavy atom. The number of carbonyl (C=O) groups is 3. The number of nitrogens with two attached hydrogens (primary N) is 2. The van der Waals surface area contributed by atoms with Gasteiger partial charge < -0.3 is 32.7 Å². The van der Waals surface area contributed by atoms with Gasteiger partial charge in [-0.15, -0.1) is 24.8 Å². The zero-order valence-electron chi connectivity index (χ0n) is 11.5. The molecule has 2 amide bonds. The van der Waals surface area contributed by atoms with Gasteiger partial charge in [-0.05, 0) is 19.4 Å². The van der Waals surface area contributed by atoms with Gasteiger partial charge in [0.2, 0.25) is 11.8 Å². The first-order valence-electron chi connectivity index (χ1n) is 5.69. The molecule has 0 heterocycles. The second-order valence-electron chi connectivity index (χ2n) is 3.78. The van der Waals surface area contributed by atoms with Gasteiger partial charge in [-0.25, -0.2) is 0 Å². The summed E-state index contributed by atoms with van der Waals surface area (Å²) in [7, 11) is 0. The van der Waals surface area contributed by atoms with Gasteiger partial charge >= 0.3 is 5.97 Å². The van der Waals surface area contributed by atoms with Gasteiger partial charge in [-0.2, -0.15) is 0 Å². The van der Waals surface area contributed by atoms with Crippen LogP contribution in [-0.2, 0) is 14.4 Å². The number of halogens is 2. The number of rotatable bonds is 9. The minimum Gasteiger partial charge on any atom is -0.480 e. The van der Waals surface area contributed by atoms with E-state index in [1.54, 1.807) is 0 Å². The molecular formula is C10H24Cl2N4O5. The Hall–Kier alpha value is -1.13. The van der Waals surface area contributed by atoms with Gasteiger partial charge in [-0.1, -0.05) is 6.42 Å². The van der Waals surface area contributed by atoms with Crippen molar-refractivity contribution in [3.05, 3.63) is 0 Å². The predicted octanol–water partition coefficient (Wildman–Crippen LogP) is -2.22. The molecule has 0 aliphatic carbocycles. The molecule has 0 spiro atoms. The number of carboxylic acids is 1. The van der Waals surface area contributed by atoms with Crippen LogP contribution in [0.5, 0.6) is 0 Å². The van der Waals surface area contributed by atoms with E-state index in [1.807, 2.05) is 0 Å². The van der Waals surface area contributed by atoms with Gasteiger partial charge in [0.15, 0.2) is 0 Å². The number of amides is 2. The van der Waals surface area contributed by atoms with E-state index in [-0.39, 0.29) is 36.8 Å². The van der Waals surface area contributed by atoms with Crippen LogP contribution in [0.15, 0.2) is 0 Å². The Labute approximate surface area is 135 Å². The summed E-state index contributed by atoms with van der Waals surface area (Å²) in [6.45, 7) is -0.208. The molecule has 21 heavy (non-hydrogen) atoms. The van der Waals surface area contributed by atoms with E-state index in [4.69, 9.17) is 16.6 Å². The summed E-state index contributed by atoms with van der Waals surface area (Å²) in [5.41, 5.74) is 10.9. The van der Waals surface area contributed by atoms with Crippen molar-refractivity contribution in [2.75, 3.05) is 19.6 Å². The van der Waals surface area contributed by atoms with Crippen LogP contribution in [0.1, 0.15) is 19.3 Å². The summed E-state index contributed by atoms with van der Waals surface area (Å²) in [5, 5.41) is 12.8. The molecule has 0 aromatic rings. The second kappa shape index (κ2) is 16.9. The van der Waals surface area contributed by atoms with E-state index in [9.17, 15) is 14.4 Å². The number of carbonyl (C=O) groups excluding carboxylic acids is 2. The molecule has 128 valence electrons. The highest BCUT2D eigenvalue weighted by Crippen LogP contribution is 1.97. The zero-order chi connectivity index (χ0) is 14.0. The quantitative estimate of drug-likeness (QED) is 0.293. The highest BCUT2D eigenvalue weighted by Gasteiger charge is 2.13. The van der Waals surface area contributed by atoms with E-state index in [0.717, 1.165) is 12.8 Å². The Morgan fingerprint density at radius 3 is 2.10 bits per heavy atom. The standard InChI is InChI=1S/C10H20N4O4.2ClH.H2O/c11-4-2-1-3-7(12)10(18)14-5-8(15)13-6-9(16)17;;;/h7H,1-6,11-12H2,(H,13,15)(H,14,18)(H,16,17);2*1H;1H2/t7-;;;/m0.../s1. The van der Waals surface area contributed by atoms with Crippen LogP contribution in [0.4, 0.5) is 0 Å². The molecule has 0 aromatic heterocycles. The largest absolute Gasteiger partial charge is 0.480 e. The maximum Gasteiger partial charge on any atom is 0.322 e. The topological polar surface area (TPSA) is 179 Å². The van der Waals surface area contributed by atoms with E-state index in [1.165, 1.54) is 0 Å². The van der Waals surface area contributed by atoms with Crippen LogP contribution in [0.2, 0.25) is 0 Å². The number of nitrogens with one attached hydrogen (secondary N) is 2. The normalized spacial score (nSPS) is 10.0. The lowest BCUT2D eigenvalue weighted by atomic mass is 10.1. The van der Waals surface area contributed by atoms with Crippen LogP contribution < -0.4 is 22.1 Å². The zero-order valence-corrected chi connectivity index (χ0v) is 13.1.